The molecule has 0 radical (unpaired) electrons. The molecule has 10 heteroatoms. The van der Waals surface area contributed by atoms with Crippen molar-refractivity contribution in [2.75, 3.05) is 26.2 Å². The summed E-state index contributed by atoms with van der Waals surface area (Å²) in [6.07, 6.45) is 0.949. The summed E-state index contributed by atoms with van der Waals surface area (Å²) in [7, 11) is -3.99. The molecule has 0 spiro atoms. The maximum Gasteiger partial charge on any atom is 0.278 e. The highest BCUT2D eigenvalue weighted by Gasteiger charge is 2.54. The molecule has 0 saturated carbocycles. The number of halogens is 1. The van der Waals surface area contributed by atoms with Crippen molar-refractivity contribution >= 4 is 15.9 Å². The van der Waals surface area contributed by atoms with Gasteiger partial charge in [0, 0.05) is 19.6 Å². The second-order valence-electron chi connectivity index (χ2n) is 7.06. The molecule has 2 atom stereocenters. The predicted molar refractivity (Wildman–Crippen MR) is 95.0 cm³/mol. The topological polar surface area (TPSA) is 119 Å². The molecule has 8 nitrogen and oxygen atoms in total. The van der Waals surface area contributed by atoms with E-state index in [4.69, 9.17) is 5.21 Å². The van der Waals surface area contributed by atoms with Crippen LogP contribution in [0.4, 0.5) is 4.39 Å². The number of amides is 1. The zero-order valence-corrected chi connectivity index (χ0v) is 15.6. The lowest BCUT2D eigenvalue weighted by molar-refractivity contribution is -0.150. The lowest BCUT2D eigenvalue weighted by Gasteiger charge is -2.41. The number of piperidine rings is 2. The Kier molecular flexibility index (Phi) is 5.82. The maximum atomic E-state index is 14.0. The van der Waals surface area contributed by atoms with Crippen molar-refractivity contribution in [3.63, 3.8) is 0 Å². The van der Waals surface area contributed by atoms with E-state index in [1.165, 1.54) is 15.9 Å². The van der Waals surface area contributed by atoms with Gasteiger partial charge in [0.25, 0.3) is 5.91 Å². The van der Waals surface area contributed by atoms with E-state index in [1.54, 1.807) is 18.2 Å². The van der Waals surface area contributed by atoms with E-state index in [0.29, 0.717) is 24.9 Å². The summed E-state index contributed by atoms with van der Waals surface area (Å²) >= 11 is 0. The third kappa shape index (κ3) is 3.72. The summed E-state index contributed by atoms with van der Waals surface area (Å²) < 4.78 is 41.4. The Morgan fingerprint density at radius 1 is 1.26 bits per heavy atom. The molecule has 2 aliphatic heterocycles. The quantitative estimate of drug-likeness (QED) is 0.414. The van der Waals surface area contributed by atoms with Crippen LogP contribution in [0.2, 0.25) is 0 Å². The molecule has 3 rings (SSSR count). The average molecular weight is 401 g/mol. The van der Waals surface area contributed by atoms with Gasteiger partial charge in [-0.2, -0.15) is 0 Å². The van der Waals surface area contributed by atoms with Crippen molar-refractivity contribution < 1.29 is 27.9 Å². The Morgan fingerprint density at radius 2 is 1.93 bits per heavy atom. The summed E-state index contributed by atoms with van der Waals surface area (Å²) in [5, 5.41) is 21.0. The first kappa shape index (κ1) is 20.2. The van der Waals surface area contributed by atoms with Crippen LogP contribution in [0, 0.1) is 5.82 Å². The highest BCUT2D eigenvalue weighted by molar-refractivity contribution is 7.89. The van der Waals surface area contributed by atoms with Gasteiger partial charge in [0.2, 0.25) is 10.0 Å². The monoisotopic (exact) mass is 401 g/mol. The van der Waals surface area contributed by atoms with Crippen LogP contribution in [0.15, 0.2) is 24.3 Å². The van der Waals surface area contributed by atoms with Gasteiger partial charge in [-0.15, -0.1) is 0 Å². The van der Waals surface area contributed by atoms with Gasteiger partial charge in [0.1, 0.15) is 11.1 Å². The van der Waals surface area contributed by atoms with Gasteiger partial charge in [0.15, 0.2) is 5.60 Å². The maximum absolute atomic E-state index is 14.0. The molecular weight excluding hydrogens is 377 g/mol. The minimum atomic E-state index is -3.99. The van der Waals surface area contributed by atoms with Crippen LogP contribution < -0.4 is 10.8 Å². The second-order valence-corrected chi connectivity index (χ2v) is 9.17. The number of carbonyl (C=O) groups excluding carboxylic acids is 1. The normalized spacial score (nSPS) is 28.0. The number of nitrogens with one attached hydrogen (secondary N) is 2. The van der Waals surface area contributed by atoms with Gasteiger partial charge in [0.05, 0.1) is 0 Å². The number of hydroxylamine groups is 1. The summed E-state index contributed by atoms with van der Waals surface area (Å²) in [6.45, 7) is 0.426. The van der Waals surface area contributed by atoms with Crippen molar-refractivity contribution in [2.45, 2.75) is 36.0 Å². The first-order valence-corrected chi connectivity index (χ1v) is 10.4. The van der Waals surface area contributed by atoms with Crippen molar-refractivity contribution in [3.05, 3.63) is 35.6 Å². The zero-order valence-electron chi connectivity index (χ0n) is 14.8. The molecule has 2 saturated heterocycles. The molecule has 2 aliphatic rings. The highest BCUT2D eigenvalue weighted by Crippen LogP contribution is 2.34. The third-order valence-corrected chi connectivity index (χ3v) is 7.95. The molecule has 150 valence electrons. The summed E-state index contributed by atoms with van der Waals surface area (Å²) in [5.41, 5.74) is -0.318. The molecule has 4 N–H and O–H groups in total. The van der Waals surface area contributed by atoms with Crippen molar-refractivity contribution in [1.29, 1.82) is 0 Å². The van der Waals surface area contributed by atoms with E-state index in [2.05, 4.69) is 5.32 Å². The molecule has 1 aromatic rings. The lowest BCUT2D eigenvalue weighted by atomic mass is 9.90. The molecule has 1 amide bonds. The van der Waals surface area contributed by atoms with E-state index < -0.39 is 26.8 Å². The highest BCUT2D eigenvalue weighted by atomic mass is 32.2. The van der Waals surface area contributed by atoms with E-state index in [-0.39, 0.29) is 37.8 Å². The first-order chi connectivity index (χ1) is 12.8. The van der Waals surface area contributed by atoms with Crippen molar-refractivity contribution in [1.82, 2.24) is 15.1 Å². The fraction of sp³-hybridized carbons (Fsp3) is 0.588. The molecule has 0 aliphatic carbocycles. The first-order valence-electron chi connectivity index (χ1n) is 8.91. The number of nitrogens with zero attached hydrogens (tertiary/aromatic N) is 1. The number of aliphatic hydroxyl groups is 1. The molecule has 0 aromatic heterocycles. The Hall–Kier alpha value is -1.59. The van der Waals surface area contributed by atoms with Crippen LogP contribution in [-0.4, -0.2) is 66.0 Å². The fourth-order valence-electron chi connectivity index (χ4n) is 3.99. The summed E-state index contributed by atoms with van der Waals surface area (Å²) in [5.74, 6) is -1.53. The summed E-state index contributed by atoms with van der Waals surface area (Å²) in [4.78, 5) is 11.9. The van der Waals surface area contributed by atoms with Crippen molar-refractivity contribution in [2.24, 2.45) is 0 Å². The second kappa shape index (κ2) is 7.80. The largest absolute Gasteiger partial charge is 0.377 e. The Labute approximate surface area is 157 Å². The standard InChI is InChI=1S/C17H24FN3O5S/c18-14-4-2-1-3-13(14)12-6-9-21(10-7-12)27(25,26)15-5-8-19-11-17(15,23)16(22)20-24/h1-4,12,15,19,23-24H,5-11H2,(H,20,22). The van der Waals surface area contributed by atoms with Crippen LogP contribution >= 0.6 is 0 Å². The number of β-amino-alcohol motifs (C(OH)–C–C–N with tert-alkyl or cyclic N) is 1. The minimum Gasteiger partial charge on any atom is -0.377 e. The SMILES string of the molecule is O=C(NO)C1(O)CNCCC1S(=O)(=O)N1CCC(c2ccccc2F)CC1. The molecule has 2 fully saturated rings. The van der Waals surface area contributed by atoms with Crippen LogP contribution in [-0.2, 0) is 14.8 Å². The number of rotatable bonds is 4. The number of benzene rings is 1. The average Bonchev–Trinajstić information content (AvgIpc) is 2.68. The number of sulfonamides is 1. The smallest absolute Gasteiger partial charge is 0.278 e. The Bertz CT molecular complexity index is 798. The van der Waals surface area contributed by atoms with Gasteiger partial charge in [-0.05, 0) is 43.4 Å². The van der Waals surface area contributed by atoms with E-state index in [0.717, 1.165) is 0 Å². The van der Waals surface area contributed by atoms with Crippen LogP contribution in [0.5, 0.6) is 0 Å². The molecule has 0 bridgehead atoms. The third-order valence-electron chi connectivity index (χ3n) is 5.52. The Morgan fingerprint density at radius 3 is 2.56 bits per heavy atom. The van der Waals surface area contributed by atoms with E-state index in [9.17, 15) is 22.7 Å². The number of hydrogen-bond acceptors (Lipinski definition) is 6. The van der Waals surface area contributed by atoms with Crippen molar-refractivity contribution in [3.8, 4) is 0 Å². The van der Waals surface area contributed by atoms with Gasteiger partial charge in [-0.3, -0.25) is 10.0 Å². The molecule has 27 heavy (non-hydrogen) atoms. The molecule has 1 aromatic carbocycles. The molecule has 2 heterocycles. The predicted octanol–water partition coefficient (Wildman–Crippen LogP) is -0.0667. The van der Waals surface area contributed by atoms with Gasteiger partial charge >= 0.3 is 0 Å². The fourth-order valence-corrected chi connectivity index (χ4v) is 6.17. The van der Waals surface area contributed by atoms with E-state index >= 15 is 0 Å². The number of hydrogen-bond donors (Lipinski definition) is 4. The summed E-state index contributed by atoms with van der Waals surface area (Å²) in [6, 6.07) is 6.47. The minimum absolute atomic E-state index is 0.0412. The van der Waals surface area contributed by atoms with E-state index in [1.807, 2.05) is 0 Å². The van der Waals surface area contributed by atoms with Gasteiger partial charge < -0.3 is 10.4 Å². The molecular formula is C17H24FN3O5S. The van der Waals surface area contributed by atoms with Gasteiger partial charge in [-0.1, -0.05) is 18.2 Å². The zero-order chi connectivity index (χ0) is 19.7. The lowest BCUT2D eigenvalue weighted by Crippen LogP contribution is -2.67. The Balaban J connectivity index is 1.76. The van der Waals surface area contributed by atoms with Gasteiger partial charge in [-0.25, -0.2) is 22.6 Å². The van der Waals surface area contributed by atoms with Crippen LogP contribution in [0.25, 0.3) is 0 Å². The number of carbonyl (C=O) groups is 1. The van der Waals surface area contributed by atoms with Crippen LogP contribution in [0.3, 0.4) is 0 Å². The molecule has 2 unspecified atom stereocenters. The van der Waals surface area contributed by atoms with Crippen LogP contribution in [0.1, 0.15) is 30.7 Å².